The van der Waals surface area contributed by atoms with E-state index in [0.717, 1.165) is 24.8 Å². The Kier molecular flexibility index (Phi) is 2.99. The van der Waals surface area contributed by atoms with Gasteiger partial charge in [0, 0.05) is 0 Å². The van der Waals surface area contributed by atoms with Crippen molar-refractivity contribution >= 4 is 6.08 Å². The molecule has 0 amide bonds. The predicted octanol–water partition coefficient (Wildman–Crippen LogP) is 2.86. The number of halogens is 1. The minimum atomic E-state index is -0.506. The zero-order valence-electron chi connectivity index (χ0n) is 9.92. The normalized spacial score (nSPS) is 16.9. The summed E-state index contributed by atoms with van der Waals surface area (Å²) in [7, 11) is 1.43. The Bertz CT molecular complexity index is 488. The van der Waals surface area contributed by atoms with Gasteiger partial charge in [0.25, 0.3) is 0 Å². The second kappa shape index (κ2) is 4.30. The standard InChI is InChI=1S/C13H14FNO2/c1-9-6-10(7-11(17-2)12(9)14)13(15-8-16)4-3-5-13/h6-7H,3-5H2,1-2H3. The van der Waals surface area contributed by atoms with Crippen molar-refractivity contribution in [2.24, 2.45) is 4.99 Å². The zero-order chi connectivity index (χ0) is 12.5. The van der Waals surface area contributed by atoms with E-state index in [4.69, 9.17) is 4.74 Å². The van der Waals surface area contributed by atoms with E-state index in [2.05, 4.69) is 4.99 Å². The molecular weight excluding hydrogens is 221 g/mol. The van der Waals surface area contributed by atoms with E-state index < -0.39 is 5.54 Å². The second-order valence-corrected chi connectivity index (χ2v) is 4.40. The molecule has 0 radical (unpaired) electrons. The first-order valence-corrected chi connectivity index (χ1v) is 5.56. The number of rotatable bonds is 3. The van der Waals surface area contributed by atoms with Crippen molar-refractivity contribution in [1.82, 2.24) is 0 Å². The third-order valence-corrected chi connectivity index (χ3v) is 3.42. The summed E-state index contributed by atoms with van der Waals surface area (Å²) < 4.78 is 18.6. The Morgan fingerprint density at radius 1 is 1.47 bits per heavy atom. The van der Waals surface area contributed by atoms with Gasteiger partial charge in [-0.1, -0.05) is 6.07 Å². The van der Waals surface area contributed by atoms with Crippen LogP contribution in [0.15, 0.2) is 17.1 Å². The molecule has 0 aromatic heterocycles. The van der Waals surface area contributed by atoms with E-state index in [9.17, 15) is 9.18 Å². The van der Waals surface area contributed by atoms with E-state index in [1.807, 2.05) is 0 Å². The summed E-state index contributed by atoms with van der Waals surface area (Å²) in [5, 5.41) is 0. The zero-order valence-corrected chi connectivity index (χ0v) is 9.92. The van der Waals surface area contributed by atoms with E-state index in [-0.39, 0.29) is 11.6 Å². The van der Waals surface area contributed by atoms with Gasteiger partial charge in [0.15, 0.2) is 11.6 Å². The molecule has 0 atom stereocenters. The molecule has 90 valence electrons. The fraction of sp³-hybridized carbons (Fsp3) is 0.462. The maximum Gasteiger partial charge on any atom is 0.235 e. The molecule has 0 aliphatic heterocycles. The van der Waals surface area contributed by atoms with Gasteiger partial charge in [0.1, 0.15) is 0 Å². The molecule has 1 aromatic carbocycles. The smallest absolute Gasteiger partial charge is 0.235 e. The van der Waals surface area contributed by atoms with Crippen molar-refractivity contribution in [3.05, 3.63) is 29.1 Å². The van der Waals surface area contributed by atoms with Crippen LogP contribution in [0.2, 0.25) is 0 Å². The number of methoxy groups -OCH3 is 1. The first kappa shape index (κ1) is 11.8. The van der Waals surface area contributed by atoms with Gasteiger partial charge in [-0.25, -0.2) is 9.18 Å². The van der Waals surface area contributed by atoms with Crippen LogP contribution in [0.1, 0.15) is 30.4 Å². The Morgan fingerprint density at radius 2 is 2.18 bits per heavy atom. The Labute approximate surface area is 99.3 Å². The first-order valence-electron chi connectivity index (χ1n) is 5.56. The number of hydrogen-bond acceptors (Lipinski definition) is 3. The summed E-state index contributed by atoms with van der Waals surface area (Å²) in [6.07, 6.45) is 4.24. The fourth-order valence-corrected chi connectivity index (χ4v) is 2.22. The summed E-state index contributed by atoms with van der Waals surface area (Å²) in [6, 6.07) is 3.36. The third-order valence-electron chi connectivity index (χ3n) is 3.42. The third kappa shape index (κ3) is 1.85. The molecule has 4 heteroatoms. The Hall–Kier alpha value is -1.67. The van der Waals surface area contributed by atoms with Crippen molar-refractivity contribution in [3.63, 3.8) is 0 Å². The number of aliphatic imine (C=N–C) groups is 1. The van der Waals surface area contributed by atoms with Crippen LogP contribution in [-0.2, 0) is 10.3 Å². The average molecular weight is 235 g/mol. The lowest BCUT2D eigenvalue weighted by atomic mass is 9.72. The van der Waals surface area contributed by atoms with Crippen molar-refractivity contribution < 1.29 is 13.9 Å². The number of aryl methyl sites for hydroxylation is 1. The molecule has 1 fully saturated rings. The van der Waals surface area contributed by atoms with Gasteiger partial charge in [-0.3, -0.25) is 0 Å². The number of benzene rings is 1. The van der Waals surface area contributed by atoms with Crippen LogP contribution in [-0.4, -0.2) is 13.2 Å². The highest BCUT2D eigenvalue weighted by Gasteiger charge is 2.39. The average Bonchev–Trinajstić information content (AvgIpc) is 2.27. The molecule has 3 nitrogen and oxygen atoms in total. The summed E-state index contributed by atoms with van der Waals surface area (Å²) in [6.45, 7) is 1.68. The van der Waals surface area contributed by atoms with Crippen molar-refractivity contribution in [1.29, 1.82) is 0 Å². The monoisotopic (exact) mass is 235 g/mol. The van der Waals surface area contributed by atoms with Crippen LogP contribution in [0.25, 0.3) is 0 Å². The topological polar surface area (TPSA) is 38.7 Å². The van der Waals surface area contributed by atoms with Gasteiger partial charge >= 0.3 is 0 Å². The maximum absolute atomic E-state index is 13.6. The lowest BCUT2D eigenvalue weighted by molar-refractivity contribution is 0.254. The van der Waals surface area contributed by atoms with Crippen molar-refractivity contribution in [2.75, 3.05) is 7.11 Å². The van der Waals surface area contributed by atoms with Gasteiger partial charge in [-0.15, -0.1) is 0 Å². The Morgan fingerprint density at radius 3 is 2.65 bits per heavy atom. The van der Waals surface area contributed by atoms with E-state index in [1.54, 1.807) is 25.1 Å². The van der Waals surface area contributed by atoms with E-state index in [0.29, 0.717) is 5.56 Å². The molecule has 0 heterocycles. The van der Waals surface area contributed by atoms with Crippen LogP contribution in [0.5, 0.6) is 5.75 Å². The largest absolute Gasteiger partial charge is 0.494 e. The van der Waals surface area contributed by atoms with Crippen LogP contribution >= 0.6 is 0 Å². The summed E-state index contributed by atoms with van der Waals surface area (Å²) in [4.78, 5) is 14.4. The van der Waals surface area contributed by atoms with Gasteiger partial charge in [0.2, 0.25) is 6.08 Å². The van der Waals surface area contributed by atoms with E-state index in [1.165, 1.54) is 7.11 Å². The molecule has 0 spiro atoms. The lowest BCUT2D eigenvalue weighted by Crippen LogP contribution is -2.32. The molecule has 0 saturated heterocycles. The molecule has 0 N–H and O–H groups in total. The van der Waals surface area contributed by atoms with Gasteiger partial charge in [-0.2, -0.15) is 4.99 Å². The number of isocyanates is 1. The fourth-order valence-electron chi connectivity index (χ4n) is 2.22. The first-order chi connectivity index (χ1) is 8.13. The highest BCUT2D eigenvalue weighted by Crippen LogP contribution is 2.46. The van der Waals surface area contributed by atoms with Crippen LogP contribution in [0.4, 0.5) is 4.39 Å². The van der Waals surface area contributed by atoms with Crippen LogP contribution < -0.4 is 4.74 Å². The highest BCUT2D eigenvalue weighted by molar-refractivity contribution is 5.44. The van der Waals surface area contributed by atoms with E-state index >= 15 is 0 Å². The molecule has 2 rings (SSSR count). The quantitative estimate of drug-likeness (QED) is 0.597. The molecule has 17 heavy (non-hydrogen) atoms. The molecule has 1 aliphatic rings. The summed E-state index contributed by atoms with van der Waals surface area (Å²) in [5.41, 5.74) is 0.836. The lowest BCUT2D eigenvalue weighted by Gasteiger charge is -2.37. The highest BCUT2D eigenvalue weighted by atomic mass is 19.1. The minimum Gasteiger partial charge on any atom is -0.494 e. The van der Waals surface area contributed by atoms with Gasteiger partial charge < -0.3 is 4.74 Å². The van der Waals surface area contributed by atoms with Crippen LogP contribution in [0.3, 0.4) is 0 Å². The summed E-state index contributed by atoms with van der Waals surface area (Å²) >= 11 is 0. The minimum absolute atomic E-state index is 0.201. The maximum atomic E-state index is 13.6. The van der Waals surface area contributed by atoms with Gasteiger partial charge in [-0.05, 0) is 43.4 Å². The number of hydrogen-bond donors (Lipinski definition) is 0. The van der Waals surface area contributed by atoms with Crippen LogP contribution in [0, 0.1) is 12.7 Å². The number of ether oxygens (including phenoxy) is 1. The van der Waals surface area contributed by atoms with Crippen molar-refractivity contribution in [2.45, 2.75) is 31.7 Å². The van der Waals surface area contributed by atoms with Crippen molar-refractivity contribution in [3.8, 4) is 5.75 Å². The number of carbonyl (C=O) groups excluding carboxylic acids is 1. The predicted molar refractivity (Wildman–Crippen MR) is 61.3 cm³/mol. The molecule has 1 aliphatic carbocycles. The second-order valence-electron chi connectivity index (χ2n) is 4.40. The molecular formula is C13H14FNO2. The molecule has 0 bridgehead atoms. The molecule has 1 aromatic rings. The molecule has 1 saturated carbocycles. The van der Waals surface area contributed by atoms with Gasteiger partial charge in [0.05, 0.1) is 12.6 Å². The summed E-state index contributed by atoms with van der Waals surface area (Å²) in [5.74, 6) is -0.159. The molecule has 0 unspecified atom stereocenters. The number of nitrogens with zero attached hydrogens (tertiary/aromatic N) is 1. The SMILES string of the molecule is COc1cc(C2(N=C=O)CCC2)cc(C)c1F. The Balaban J connectivity index is 2.52.